The maximum absolute atomic E-state index is 11.4. The van der Waals surface area contributed by atoms with Gasteiger partial charge in [-0.15, -0.1) is 0 Å². The van der Waals surface area contributed by atoms with E-state index < -0.39 is 0 Å². The van der Waals surface area contributed by atoms with Crippen LogP contribution in [0.25, 0.3) is 0 Å². The van der Waals surface area contributed by atoms with E-state index in [9.17, 15) is 4.79 Å². The van der Waals surface area contributed by atoms with Gasteiger partial charge in [-0.1, -0.05) is 12.2 Å². The van der Waals surface area contributed by atoms with E-state index in [4.69, 9.17) is 23.7 Å². The molecule has 0 aliphatic carbocycles. The summed E-state index contributed by atoms with van der Waals surface area (Å²) in [7, 11) is 0. The highest BCUT2D eigenvalue weighted by atomic mass is 32.1. The largest absolute Gasteiger partial charge is 0.388 e. The number of hydrogen-bond acceptors (Lipinski definition) is 4. The van der Waals surface area contributed by atoms with Gasteiger partial charge in [-0.25, -0.2) is 0 Å². The third-order valence-corrected chi connectivity index (χ3v) is 3.37. The number of anilines is 1. The van der Waals surface area contributed by atoms with Gasteiger partial charge in [-0.2, -0.15) is 0 Å². The molecule has 1 aliphatic heterocycles. The van der Waals surface area contributed by atoms with Gasteiger partial charge in [0.05, 0.1) is 17.6 Å². The highest BCUT2D eigenvalue weighted by molar-refractivity contribution is 7.80. The van der Waals surface area contributed by atoms with E-state index in [1.54, 1.807) is 12.3 Å². The first-order chi connectivity index (χ1) is 8.59. The Labute approximate surface area is 111 Å². The SMILES string of the molecule is NC(=O)C1CCCCN1c1ccc(C(N)=S)nc1. The first-order valence-electron chi connectivity index (χ1n) is 5.91. The van der Waals surface area contributed by atoms with Crippen LogP contribution >= 0.6 is 12.2 Å². The molecule has 1 unspecified atom stereocenters. The van der Waals surface area contributed by atoms with Crippen LogP contribution in [0.4, 0.5) is 5.69 Å². The maximum atomic E-state index is 11.4. The number of hydrogen-bond donors (Lipinski definition) is 2. The molecule has 0 saturated carbocycles. The van der Waals surface area contributed by atoms with Crippen molar-refractivity contribution in [3.8, 4) is 0 Å². The number of nitrogens with two attached hydrogens (primary N) is 2. The average Bonchev–Trinajstić information content (AvgIpc) is 2.39. The van der Waals surface area contributed by atoms with Gasteiger partial charge in [0.1, 0.15) is 11.0 Å². The zero-order valence-corrected chi connectivity index (χ0v) is 10.8. The Morgan fingerprint density at radius 2 is 2.17 bits per heavy atom. The number of piperidine rings is 1. The number of aromatic nitrogens is 1. The molecular formula is C12H16N4OS. The lowest BCUT2D eigenvalue weighted by molar-refractivity contribution is -0.119. The normalized spacial score (nSPS) is 19.6. The number of rotatable bonds is 3. The number of thiocarbonyl (C=S) groups is 1. The fraction of sp³-hybridized carbons (Fsp3) is 0.417. The van der Waals surface area contributed by atoms with Crippen LogP contribution in [-0.4, -0.2) is 28.5 Å². The Bertz CT molecular complexity index is 460. The minimum absolute atomic E-state index is 0.240. The number of pyridine rings is 1. The second-order valence-electron chi connectivity index (χ2n) is 4.37. The molecule has 2 rings (SSSR count). The number of amides is 1. The summed E-state index contributed by atoms with van der Waals surface area (Å²) in [6.45, 7) is 0.821. The van der Waals surface area contributed by atoms with Crippen molar-refractivity contribution in [2.24, 2.45) is 11.5 Å². The zero-order chi connectivity index (χ0) is 13.1. The molecule has 0 bridgehead atoms. The van der Waals surface area contributed by atoms with Crippen molar-refractivity contribution in [1.29, 1.82) is 0 Å². The van der Waals surface area contributed by atoms with E-state index in [1.807, 2.05) is 11.0 Å². The van der Waals surface area contributed by atoms with Crippen LogP contribution in [0.15, 0.2) is 18.3 Å². The summed E-state index contributed by atoms with van der Waals surface area (Å²) in [6.07, 6.45) is 4.57. The van der Waals surface area contributed by atoms with E-state index in [0.717, 1.165) is 31.5 Å². The third kappa shape index (κ3) is 2.59. The Kier molecular flexibility index (Phi) is 3.76. The second kappa shape index (κ2) is 5.30. The Hall–Kier alpha value is -1.69. The van der Waals surface area contributed by atoms with Crippen LogP contribution in [0.2, 0.25) is 0 Å². The van der Waals surface area contributed by atoms with Crippen molar-refractivity contribution in [3.05, 3.63) is 24.0 Å². The zero-order valence-electron chi connectivity index (χ0n) is 10.0. The topological polar surface area (TPSA) is 85.2 Å². The Morgan fingerprint density at radius 1 is 1.39 bits per heavy atom. The molecule has 1 atom stereocenters. The lowest BCUT2D eigenvalue weighted by Crippen LogP contribution is -2.47. The number of carbonyl (C=O) groups is 1. The molecule has 5 nitrogen and oxygen atoms in total. The van der Waals surface area contributed by atoms with E-state index in [2.05, 4.69) is 4.98 Å². The van der Waals surface area contributed by atoms with Gasteiger partial charge in [-0.3, -0.25) is 9.78 Å². The summed E-state index contributed by atoms with van der Waals surface area (Å²) in [5, 5.41) is 0. The van der Waals surface area contributed by atoms with Crippen LogP contribution in [0, 0.1) is 0 Å². The minimum Gasteiger partial charge on any atom is -0.388 e. The predicted octanol–water partition coefficient (Wildman–Crippen LogP) is 0.560. The van der Waals surface area contributed by atoms with Gasteiger partial charge in [0.15, 0.2) is 0 Å². The van der Waals surface area contributed by atoms with Crippen LogP contribution < -0.4 is 16.4 Å². The lowest BCUT2D eigenvalue weighted by atomic mass is 10.0. The highest BCUT2D eigenvalue weighted by Gasteiger charge is 2.27. The summed E-state index contributed by atoms with van der Waals surface area (Å²) in [4.78, 5) is 17.9. The van der Waals surface area contributed by atoms with E-state index in [0.29, 0.717) is 5.69 Å². The smallest absolute Gasteiger partial charge is 0.240 e. The number of primary amides is 1. The van der Waals surface area contributed by atoms with E-state index >= 15 is 0 Å². The van der Waals surface area contributed by atoms with Gasteiger partial charge >= 0.3 is 0 Å². The highest BCUT2D eigenvalue weighted by Crippen LogP contribution is 2.24. The molecule has 1 aromatic rings. The monoisotopic (exact) mass is 264 g/mol. The average molecular weight is 264 g/mol. The quantitative estimate of drug-likeness (QED) is 0.779. The lowest BCUT2D eigenvalue weighted by Gasteiger charge is -2.35. The third-order valence-electron chi connectivity index (χ3n) is 3.16. The summed E-state index contributed by atoms with van der Waals surface area (Å²) in [6, 6.07) is 3.41. The first-order valence-corrected chi connectivity index (χ1v) is 6.32. The molecule has 96 valence electrons. The van der Waals surface area contributed by atoms with Crippen LogP contribution in [0.5, 0.6) is 0 Å². The molecule has 18 heavy (non-hydrogen) atoms. The van der Waals surface area contributed by atoms with Crippen molar-refractivity contribution in [1.82, 2.24) is 4.98 Å². The Morgan fingerprint density at radius 3 is 2.72 bits per heavy atom. The molecule has 1 aromatic heterocycles. The molecule has 1 fully saturated rings. The van der Waals surface area contributed by atoms with Crippen LogP contribution in [-0.2, 0) is 4.79 Å². The van der Waals surface area contributed by atoms with Crippen molar-refractivity contribution < 1.29 is 4.79 Å². The van der Waals surface area contributed by atoms with Gasteiger partial charge in [-0.05, 0) is 31.4 Å². The van der Waals surface area contributed by atoms with Crippen molar-refractivity contribution in [2.75, 3.05) is 11.4 Å². The summed E-state index contributed by atoms with van der Waals surface area (Å²) >= 11 is 4.85. The van der Waals surface area contributed by atoms with Gasteiger partial charge in [0.2, 0.25) is 5.91 Å². The fourth-order valence-electron chi connectivity index (χ4n) is 2.24. The molecule has 1 amide bonds. The van der Waals surface area contributed by atoms with Crippen molar-refractivity contribution >= 4 is 28.8 Å². The van der Waals surface area contributed by atoms with Crippen LogP contribution in [0.1, 0.15) is 25.0 Å². The molecule has 6 heteroatoms. The van der Waals surface area contributed by atoms with E-state index in [1.165, 1.54) is 0 Å². The second-order valence-corrected chi connectivity index (χ2v) is 4.81. The van der Waals surface area contributed by atoms with Crippen molar-refractivity contribution in [3.63, 3.8) is 0 Å². The Balaban J connectivity index is 2.23. The number of carbonyl (C=O) groups excluding carboxylic acids is 1. The minimum atomic E-state index is -0.284. The summed E-state index contributed by atoms with van der Waals surface area (Å²) < 4.78 is 0. The summed E-state index contributed by atoms with van der Waals surface area (Å²) in [5.74, 6) is -0.284. The van der Waals surface area contributed by atoms with Crippen molar-refractivity contribution in [2.45, 2.75) is 25.3 Å². The standard InChI is InChI=1S/C12H16N4OS/c13-11(17)10-3-1-2-6-16(10)8-4-5-9(12(14)18)15-7-8/h4-5,7,10H,1-3,6H2,(H2,13,17)(H2,14,18). The van der Waals surface area contributed by atoms with E-state index in [-0.39, 0.29) is 16.9 Å². The van der Waals surface area contributed by atoms with Crippen LogP contribution in [0.3, 0.4) is 0 Å². The molecule has 0 aromatic carbocycles. The molecule has 2 heterocycles. The molecule has 0 spiro atoms. The first kappa shape index (κ1) is 12.8. The van der Waals surface area contributed by atoms with Gasteiger partial charge in [0.25, 0.3) is 0 Å². The molecular weight excluding hydrogens is 248 g/mol. The molecule has 4 N–H and O–H groups in total. The fourth-order valence-corrected chi connectivity index (χ4v) is 2.36. The predicted molar refractivity (Wildman–Crippen MR) is 74.3 cm³/mol. The van der Waals surface area contributed by atoms with Gasteiger partial charge < -0.3 is 16.4 Å². The molecule has 0 radical (unpaired) electrons. The molecule has 1 aliphatic rings. The molecule has 1 saturated heterocycles. The van der Waals surface area contributed by atoms with Gasteiger partial charge in [0, 0.05) is 6.54 Å². The summed E-state index contributed by atoms with van der Waals surface area (Å²) in [5.41, 5.74) is 12.4. The maximum Gasteiger partial charge on any atom is 0.240 e. The number of nitrogens with zero attached hydrogens (tertiary/aromatic N) is 2.